The van der Waals surface area contributed by atoms with Gasteiger partial charge in [-0.25, -0.2) is 0 Å². The summed E-state index contributed by atoms with van der Waals surface area (Å²) in [6.07, 6.45) is -1.56. The molecule has 1 atom stereocenters. The third kappa shape index (κ3) is 3.41. The van der Waals surface area contributed by atoms with Crippen molar-refractivity contribution in [2.24, 2.45) is 0 Å². The monoisotopic (exact) mass is 348 g/mol. The van der Waals surface area contributed by atoms with Crippen LogP contribution in [0.5, 0.6) is 0 Å². The van der Waals surface area contributed by atoms with E-state index in [9.17, 15) is 22.2 Å². The number of alkyl halides is 3. The second kappa shape index (κ2) is 6.59. The minimum atomic E-state index is -4.63. The first-order chi connectivity index (χ1) is 10.7. The van der Waals surface area contributed by atoms with Crippen LogP contribution in [0.25, 0.3) is 0 Å². The summed E-state index contributed by atoms with van der Waals surface area (Å²) in [6, 6.07) is 1.09. The van der Waals surface area contributed by atoms with Gasteiger partial charge in [0.15, 0.2) is 0 Å². The Balaban J connectivity index is 2.34. The van der Waals surface area contributed by atoms with Crippen molar-refractivity contribution in [3.05, 3.63) is 29.6 Å². The Morgan fingerprint density at radius 2 is 2.04 bits per heavy atom. The quantitative estimate of drug-likeness (QED) is 0.844. The molecule has 0 N–H and O–H groups in total. The fourth-order valence-corrected chi connectivity index (χ4v) is 4.62. The second-order valence-electron chi connectivity index (χ2n) is 5.59. The van der Waals surface area contributed by atoms with E-state index in [1.807, 2.05) is 13.8 Å². The molecule has 1 aromatic rings. The molecule has 1 aromatic heterocycles. The Hall–Kier alpha value is -1.44. The number of rotatable bonds is 3. The largest absolute Gasteiger partial charge is 0.418 e. The Labute approximate surface area is 135 Å². The van der Waals surface area contributed by atoms with Crippen LogP contribution >= 0.6 is 0 Å². The fraction of sp³-hybridized carbons (Fsp3) is 0.600. The molecule has 1 saturated heterocycles. The number of aromatic nitrogens is 1. The van der Waals surface area contributed by atoms with Crippen LogP contribution in [0.2, 0.25) is 0 Å². The summed E-state index contributed by atoms with van der Waals surface area (Å²) in [5.41, 5.74) is -1.43. The van der Waals surface area contributed by atoms with Crippen LogP contribution in [0.15, 0.2) is 18.5 Å². The zero-order chi connectivity index (χ0) is 17.3. The van der Waals surface area contributed by atoms with Crippen molar-refractivity contribution in [1.82, 2.24) is 9.88 Å². The molecule has 128 valence electrons. The summed E-state index contributed by atoms with van der Waals surface area (Å²) in [6.45, 7) is 4.20. The van der Waals surface area contributed by atoms with E-state index in [0.717, 1.165) is 6.07 Å². The number of hydrogen-bond donors (Lipinski definition) is 0. The van der Waals surface area contributed by atoms with Crippen LogP contribution in [0.4, 0.5) is 13.2 Å². The highest BCUT2D eigenvalue weighted by Gasteiger charge is 2.42. The van der Waals surface area contributed by atoms with Gasteiger partial charge in [0.1, 0.15) is 0 Å². The molecule has 0 aromatic carbocycles. The van der Waals surface area contributed by atoms with Crippen LogP contribution in [0.1, 0.15) is 42.6 Å². The Morgan fingerprint density at radius 1 is 1.39 bits per heavy atom. The molecule has 0 unspecified atom stereocenters. The average Bonchev–Trinajstić information content (AvgIpc) is 2.54. The van der Waals surface area contributed by atoms with Crippen molar-refractivity contribution in [1.29, 1.82) is 0 Å². The van der Waals surface area contributed by atoms with E-state index < -0.39 is 38.8 Å². The number of halogens is 3. The fourth-order valence-electron chi connectivity index (χ4n) is 2.85. The highest BCUT2D eigenvalue weighted by atomic mass is 32.2. The number of nitrogens with zero attached hydrogens (tertiary/aromatic N) is 2. The second-order valence-corrected chi connectivity index (χ2v) is 7.55. The molecule has 8 heteroatoms. The summed E-state index contributed by atoms with van der Waals surface area (Å²) in [5, 5.41) is 0. The molecular weight excluding hydrogens is 329 g/mol. The van der Waals surface area contributed by atoms with Crippen molar-refractivity contribution in [2.45, 2.75) is 37.6 Å². The predicted octanol–water partition coefficient (Wildman–Crippen LogP) is 2.86. The Morgan fingerprint density at radius 3 is 2.61 bits per heavy atom. The van der Waals surface area contributed by atoms with Gasteiger partial charge in [-0.2, -0.15) is 13.2 Å². The zero-order valence-electron chi connectivity index (χ0n) is 13.0. The van der Waals surface area contributed by atoms with Crippen molar-refractivity contribution in [3.8, 4) is 0 Å². The van der Waals surface area contributed by atoms with Crippen molar-refractivity contribution >= 4 is 16.7 Å². The van der Waals surface area contributed by atoms with Crippen molar-refractivity contribution in [3.63, 3.8) is 0 Å². The molecule has 0 saturated carbocycles. The van der Waals surface area contributed by atoms with Crippen LogP contribution < -0.4 is 0 Å². The van der Waals surface area contributed by atoms with E-state index in [4.69, 9.17) is 0 Å². The van der Waals surface area contributed by atoms with Crippen LogP contribution in [0, 0.1) is 0 Å². The topological polar surface area (TPSA) is 50.3 Å². The van der Waals surface area contributed by atoms with Gasteiger partial charge in [0, 0.05) is 42.0 Å². The minimum absolute atomic E-state index is 0.201. The molecule has 2 heterocycles. The maximum atomic E-state index is 13.1. The van der Waals surface area contributed by atoms with Gasteiger partial charge in [-0.05, 0) is 18.9 Å². The number of carbonyl (C=O) groups excluding carboxylic acids is 1. The molecule has 0 spiro atoms. The molecule has 1 fully saturated rings. The summed E-state index contributed by atoms with van der Waals surface area (Å²) in [5.74, 6) is -0.387. The van der Waals surface area contributed by atoms with Gasteiger partial charge in [0.05, 0.1) is 15.9 Å². The zero-order valence-corrected chi connectivity index (χ0v) is 13.8. The normalized spacial score (nSPS) is 21.3. The number of amides is 1. The van der Waals surface area contributed by atoms with Gasteiger partial charge in [-0.1, -0.05) is 13.8 Å². The van der Waals surface area contributed by atoms with Gasteiger partial charge in [-0.15, -0.1) is 0 Å². The van der Waals surface area contributed by atoms with E-state index in [1.54, 1.807) is 0 Å². The molecule has 0 aliphatic carbocycles. The molecule has 1 amide bonds. The van der Waals surface area contributed by atoms with Gasteiger partial charge in [-0.3, -0.25) is 14.0 Å². The molecule has 2 rings (SSSR count). The minimum Gasteiger partial charge on any atom is -0.336 e. The SMILES string of the molecule is CCC1(CC)CN(C(=O)c2ccncc2C(F)(F)F)CC[S@@]1=O. The molecule has 23 heavy (non-hydrogen) atoms. The van der Waals surface area contributed by atoms with Gasteiger partial charge < -0.3 is 4.90 Å². The van der Waals surface area contributed by atoms with Crippen molar-refractivity contribution < 1.29 is 22.2 Å². The van der Waals surface area contributed by atoms with E-state index in [0.29, 0.717) is 24.8 Å². The predicted molar refractivity (Wildman–Crippen MR) is 81.5 cm³/mol. The lowest BCUT2D eigenvalue weighted by Gasteiger charge is -2.41. The summed E-state index contributed by atoms with van der Waals surface area (Å²) in [7, 11) is -1.08. The molecule has 1 aliphatic heterocycles. The molecule has 1 aliphatic rings. The number of pyridine rings is 1. The van der Waals surface area contributed by atoms with Crippen LogP contribution in [-0.4, -0.2) is 43.6 Å². The Kier molecular flexibility index (Phi) is 5.13. The number of carbonyl (C=O) groups is 1. The standard InChI is InChI=1S/C15H19F3N2O2S/c1-3-14(4-2)10-20(7-8-23(14)22)13(21)11-5-6-19-9-12(11)15(16,17)18/h5-6,9H,3-4,7-8,10H2,1-2H3/t23-/m0/s1. The lowest BCUT2D eigenvalue weighted by atomic mass is 10.00. The lowest BCUT2D eigenvalue weighted by molar-refractivity contribution is -0.138. The molecule has 4 nitrogen and oxygen atoms in total. The van der Waals surface area contributed by atoms with E-state index in [-0.39, 0.29) is 13.1 Å². The highest BCUT2D eigenvalue weighted by molar-refractivity contribution is 7.86. The smallest absolute Gasteiger partial charge is 0.336 e. The molecular formula is C15H19F3N2O2S. The first-order valence-electron chi connectivity index (χ1n) is 7.44. The van der Waals surface area contributed by atoms with E-state index in [2.05, 4.69) is 4.98 Å². The molecule has 0 bridgehead atoms. The summed E-state index contributed by atoms with van der Waals surface area (Å²) >= 11 is 0. The number of hydrogen-bond acceptors (Lipinski definition) is 3. The van der Waals surface area contributed by atoms with E-state index in [1.165, 1.54) is 11.1 Å². The van der Waals surface area contributed by atoms with Crippen LogP contribution in [-0.2, 0) is 17.0 Å². The average molecular weight is 348 g/mol. The maximum absolute atomic E-state index is 13.1. The van der Waals surface area contributed by atoms with Crippen LogP contribution in [0.3, 0.4) is 0 Å². The van der Waals surface area contributed by atoms with Crippen molar-refractivity contribution in [2.75, 3.05) is 18.8 Å². The third-order valence-corrected chi connectivity index (χ3v) is 6.67. The molecule has 0 radical (unpaired) electrons. The van der Waals surface area contributed by atoms with E-state index >= 15 is 0 Å². The third-order valence-electron chi connectivity index (χ3n) is 4.44. The summed E-state index contributed by atoms with van der Waals surface area (Å²) < 4.78 is 50.9. The first kappa shape index (κ1) is 17.9. The summed E-state index contributed by atoms with van der Waals surface area (Å²) in [4.78, 5) is 17.5. The lowest BCUT2D eigenvalue weighted by Crippen LogP contribution is -2.54. The highest BCUT2D eigenvalue weighted by Crippen LogP contribution is 2.33. The maximum Gasteiger partial charge on any atom is 0.418 e. The van der Waals surface area contributed by atoms with Gasteiger partial charge in [0.25, 0.3) is 5.91 Å². The first-order valence-corrected chi connectivity index (χ1v) is 8.76. The van der Waals surface area contributed by atoms with Gasteiger partial charge >= 0.3 is 6.18 Å². The Bertz CT molecular complexity index is 615. The van der Waals surface area contributed by atoms with Gasteiger partial charge in [0.2, 0.25) is 0 Å².